The van der Waals surface area contributed by atoms with Crippen molar-refractivity contribution in [2.24, 2.45) is 5.92 Å². The summed E-state index contributed by atoms with van der Waals surface area (Å²) in [5.74, 6) is 3.25. The van der Waals surface area contributed by atoms with Gasteiger partial charge in [0.25, 0.3) is 0 Å². The standard InChI is InChI=1S/C21H24O2/c1-13-11-14(9-10-21(13)23-2)18-12-19-17(7-4-8-20(19)22)15-5-3-6-16(15)18/h4,7-11,15-16,18,22H,3,5-6,12H2,1-2H3/t15-,16+,18+/m1/s1. The normalized spacial score (nSPS) is 25.7. The van der Waals surface area contributed by atoms with Crippen molar-refractivity contribution in [3.8, 4) is 11.5 Å². The fourth-order valence-electron chi connectivity index (χ4n) is 4.89. The molecule has 0 heterocycles. The lowest BCUT2D eigenvalue weighted by Crippen LogP contribution is -2.25. The van der Waals surface area contributed by atoms with Gasteiger partial charge in [-0.1, -0.05) is 30.7 Å². The first-order chi connectivity index (χ1) is 11.2. The molecule has 0 spiro atoms. The zero-order chi connectivity index (χ0) is 16.0. The molecular formula is C21H24O2. The number of rotatable bonds is 2. The van der Waals surface area contributed by atoms with Crippen LogP contribution in [0.4, 0.5) is 0 Å². The van der Waals surface area contributed by atoms with Crippen LogP contribution in [-0.4, -0.2) is 12.2 Å². The Balaban J connectivity index is 1.78. The molecule has 2 heteroatoms. The summed E-state index contributed by atoms with van der Waals surface area (Å²) in [7, 11) is 1.73. The molecule has 0 aliphatic heterocycles. The minimum Gasteiger partial charge on any atom is -0.508 e. The number of aryl methyl sites for hydroxylation is 1. The van der Waals surface area contributed by atoms with E-state index in [1.807, 2.05) is 12.1 Å². The Hall–Kier alpha value is -1.96. The van der Waals surface area contributed by atoms with Crippen LogP contribution in [0.2, 0.25) is 0 Å². The summed E-state index contributed by atoms with van der Waals surface area (Å²) in [5.41, 5.74) is 5.17. The summed E-state index contributed by atoms with van der Waals surface area (Å²) in [6, 6.07) is 12.7. The third-order valence-electron chi connectivity index (χ3n) is 5.94. The van der Waals surface area contributed by atoms with E-state index in [1.165, 1.54) is 41.5 Å². The fraction of sp³-hybridized carbons (Fsp3) is 0.429. The van der Waals surface area contributed by atoms with Crippen LogP contribution >= 0.6 is 0 Å². The molecule has 0 aromatic heterocycles. The Morgan fingerprint density at radius 2 is 1.96 bits per heavy atom. The molecule has 1 N–H and O–H groups in total. The van der Waals surface area contributed by atoms with Crippen LogP contribution in [0.3, 0.4) is 0 Å². The topological polar surface area (TPSA) is 29.5 Å². The molecule has 1 fully saturated rings. The molecular weight excluding hydrogens is 284 g/mol. The molecule has 2 aliphatic rings. The van der Waals surface area contributed by atoms with Crippen molar-refractivity contribution in [3.63, 3.8) is 0 Å². The number of benzene rings is 2. The zero-order valence-electron chi connectivity index (χ0n) is 13.9. The average Bonchev–Trinajstić information content (AvgIpc) is 3.04. The number of fused-ring (bicyclic) bond motifs is 3. The second kappa shape index (κ2) is 5.59. The highest BCUT2D eigenvalue weighted by Crippen LogP contribution is 2.54. The minimum atomic E-state index is 0.475. The number of aromatic hydroxyl groups is 1. The summed E-state index contributed by atoms with van der Waals surface area (Å²) in [4.78, 5) is 0. The Kier molecular flexibility index (Phi) is 3.56. The van der Waals surface area contributed by atoms with Crippen LogP contribution in [0.15, 0.2) is 36.4 Å². The van der Waals surface area contributed by atoms with Crippen LogP contribution in [0.25, 0.3) is 0 Å². The highest BCUT2D eigenvalue weighted by Gasteiger charge is 2.41. The first kappa shape index (κ1) is 14.6. The average molecular weight is 308 g/mol. The van der Waals surface area contributed by atoms with E-state index >= 15 is 0 Å². The van der Waals surface area contributed by atoms with Gasteiger partial charge >= 0.3 is 0 Å². The number of phenols is 1. The third-order valence-corrected chi connectivity index (χ3v) is 5.94. The van der Waals surface area contributed by atoms with Crippen molar-refractivity contribution in [2.45, 2.75) is 44.4 Å². The van der Waals surface area contributed by atoms with Crippen molar-refractivity contribution in [2.75, 3.05) is 7.11 Å². The van der Waals surface area contributed by atoms with Gasteiger partial charge in [-0.05, 0) is 78.3 Å². The molecule has 2 aromatic rings. The van der Waals surface area contributed by atoms with E-state index in [9.17, 15) is 5.11 Å². The second-order valence-electron chi connectivity index (χ2n) is 7.09. The largest absolute Gasteiger partial charge is 0.508 e. The van der Waals surface area contributed by atoms with Crippen molar-refractivity contribution < 1.29 is 9.84 Å². The van der Waals surface area contributed by atoms with Crippen molar-refractivity contribution >= 4 is 0 Å². The Morgan fingerprint density at radius 3 is 2.74 bits per heavy atom. The molecule has 23 heavy (non-hydrogen) atoms. The molecule has 4 rings (SSSR count). The SMILES string of the molecule is COc1ccc([C@@H]2Cc3c(O)cccc3[C@@H]3CCC[C@H]23)cc1C. The van der Waals surface area contributed by atoms with Crippen molar-refractivity contribution in [3.05, 3.63) is 58.7 Å². The highest BCUT2D eigenvalue weighted by atomic mass is 16.5. The lowest BCUT2D eigenvalue weighted by atomic mass is 9.68. The van der Waals surface area contributed by atoms with Crippen LogP contribution in [-0.2, 0) is 6.42 Å². The maximum Gasteiger partial charge on any atom is 0.121 e. The second-order valence-corrected chi connectivity index (χ2v) is 7.09. The van der Waals surface area contributed by atoms with E-state index in [2.05, 4.69) is 31.2 Å². The van der Waals surface area contributed by atoms with Gasteiger partial charge in [-0.15, -0.1) is 0 Å². The van der Waals surface area contributed by atoms with Gasteiger partial charge in [-0.25, -0.2) is 0 Å². The quantitative estimate of drug-likeness (QED) is 0.852. The monoisotopic (exact) mass is 308 g/mol. The van der Waals surface area contributed by atoms with Crippen molar-refractivity contribution in [1.82, 2.24) is 0 Å². The third kappa shape index (κ3) is 2.32. The summed E-state index contributed by atoms with van der Waals surface area (Å²) in [5, 5.41) is 10.4. The lowest BCUT2D eigenvalue weighted by molar-refractivity contribution is 0.354. The molecule has 1 saturated carbocycles. The van der Waals surface area contributed by atoms with E-state index in [4.69, 9.17) is 4.74 Å². The van der Waals surface area contributed by atoms with E-state index < -0.39 is 0 Å². The van der Waals surface area contributed by atoms with Gasteiger partial charge in [-0.2, -0.15) is 0 Å². The van der Waals surface area contributed by atoms with Gasteiger partial charge in [-0.3, -0.25) is 0 Å². The summed E-state index contributed by atoms with van der Waals surface area (Å²) >= 11 is 0. The molecule has 2 nitrogen and oxygen atoms in total. The molecule has 0 bridgehead atoms. The highest BCUT2D eigenvalue weighted by molar-refractivity contribution is 5.47. The van der Waals surface area contributed by atoms with Crippen LogP contribution in [0.1, 0.15) is 53.4 Å². The van der Waals surface area contributed by atoms with Gasteiger partial charge in [0.2, 0.25) is 0 Å². The van der Waals surface area contributed by atoms with E-state index in [0.717, 1.165) is 12.2 Å². The molecule has 0 radical (unpaired) electrons. The smallest absolute Gasteiger partial charge is 0.121 e. The number of ether oxygens (including phenoxy) is 1. The lowest BCUT2D eigenvalue weighted by Gasteiger charge is -2.36. The fourth-order valence-corrected chi connectivity index (χ4v) is 4.89. The van der Waals surface area contributed by atoms with Crippen molar-refractivity contribution in [1.29, 1.82) is 0 Å². The predicted molar refractivity (Wildman–Crippen MR) is 92.4 cm³/mol. The summed E-state index contributed by atoms with van der Waals surface area (Å²) < 4.78 is 5.41. The Bertz CT molecular complexity index is 735. The van der Waals surface area contributed by atoms with Gasteiger partial charge in [0.05, 0.1) is 7.11 Å². The summed E-state index contributed by atoms with van der Waals surface area (Å²) in [6.07, 6.45) is 4.81. The minimum absolute atomic E-state index is 0.475. The van der Waals surface area contributed by atoms with Gasteiger partial charge < -0.3 is 9.84 Å². The molecule has 0 unspecified atom stereocenters. The first-order valence-corrected chi connectivity index (χ1v) is 8.64. The van der Waals surface area contributed by atoms with Gasteiger partial charge in [0.15, 0.2) is 0 Å². The van der Waals surface area contributed by atoms with E-state index in [1.54, 1.807) is 7.11 Å². The van der Waals surface area contributed by atoms with E-state index in [-0.39, 0.29) is 0 Å². The number of hydrogen-bond acceptors (Lipinski definition) is 2. The Morgan fingerprint density at radius 1 is 1.09 bits per heavy atom. The zero-order valence-corrected chi connectivity index (χ0v) is 13.9. The molecule has 2 aliphatic carbocycles. The molecule has 0 amide bonds. The molecule has 3 atom stereocenters. The molecule has 0 saturated heterocycles. The van der Waals surface area contributed by atoms with Crippen LogP contribution in [0, 0.1) is 12.8 Å². The van der Waals surface area contributed by atoms with Gasteiger partial charge in [0, 0.05) is 0 Å². The van der Waals surface area contributed by atoms with Gasteiger partial charge in [0.1, 0.15) is 11.5 Å². The number of hydrogen-bond donors (Lipinski definition) is 1. The Labute approximate surface area is 138 Å². The van der Waals surface area contributed by atoms with Crippen LogP contribution in [0.5, 0.6) is 11.5 Å². The number of phenolic OH excluding ortho intramolecular Hbond substituents is 1. The molecule has 2 aromatic carbocycles. The summed E-state index contributed by atoms with van der Waals surface area (Å²) in [6.45, 7) is 2.11. The maximum absolute atomic E-state index is 10.4. The maximum atomic E-state index is 10.4. The number of methoxy groups -OCH3 is 1. The molecule has 120 valence electrons. The first-order valence-electron chi connectivity index (χ1n) is 8.64. The predicted octanol–water partition coefficient (Wildman–Crippen LogP) is 4.93. The van der Waals surface area contributed by atoms with E-state index in [0.29, 0.717) is 23.5 Å². The van der Waals surface area contributed by atoms with Crippen LogP contribution < -0.4 is 4.74 Å².